The molecule has 0 aromatic heterocycles. The molecule has 2 rings (SSSR count). The van der Waals surface area contributed by atoms with Gasteiger partial charge in [-0.15, -0.1) is 0 Å². The van der Waals surface area contributed by atoms with E-state index in [2.05, 4.69) is 49.1 Å². The van der Waals surface area contributed by atoms with Gasteiger partial charge in [0.25, 0.3) is 0 Å². The van der Waals surface area contributed by atoms with Crippen molar-refractivity contribution >= 4 is 23.4 Å². The molecule has 1 fully saturated rings. The highest BCUT2D eigenvalue weighted by Crippen LogP contribution is 2.31. The lowest BCUT2D eigenvalue weighted by molar-refractivity contribution is 0.482. The van der Waals surface area contributed by atoms with Crippen LogP contribution in [0.4, 0.5) is 0 Å². The molecule has 0 radical (unpaired) electrons. The zero-order valence-electron chi connectivity index (χ0n) is 11.9. The van der Waals surface area contributed by atoms with E-state index in [1.807, 2.05) is 0 Å². The predicted molar refractivity (Wildman–Crippen MR) is 87.5 cm³/mol. The van der Waals surface area contributed by atoms with Gasteiger partial charge in [0.2, 0.25) is 0 Å². The van der Waals surface area contributed by atoms with Crippen molar-refractivity contribution in [1.82, 2.24) is 5.32 Å². The molecule has 0 aliphatic carbocycles. The lowest BCUT2D eigenvalue weighted by Gasteiger charge is -2.25. The third kappa shape index (κ3) is 4.40. The Bertz CT molecular complexity index is 402. The molecular formula is C16H24ClNS. The molecule has 0 saturated carbocycles. The van der Waals surface area contributed by atoms with Gasteiger partial charge in [0.1, 0.15) is 0 Å². The van der Waals surface area contributed by atoms with Crippen molar-refractivity contribution in [2.75, 3.05) is 12.3 Å². The summed E-state index contributed by atoms with van der Waals surface area (Å²) in [5.41, 5.74) is 2.52. The number of rotatable bonds is 6. The van der Waals surface area contributed by atoms with Crippen molar-refractivity contribution < 1.29 is 0 Å². The fraction of sp³-hybridized carbons (Fsp3) is 0.625. The summed E-state index contributed by atoms with van der Waals surface area (Å²) in [6.45, 7) is 5.42. The van der Waals surface area contributed by atoms with Gasteiger partial charge in [-0.05, 0) is 62.1 Å². The number of halogens is 1. The third-order valence-corrected chi connectivity index (χ3v) is 5.59. The second-order valence-corrected chi connectivity index (χ2v) is 7.17. The summed E-state index contributed by atoms with van der Waals surface area (Å²) in [5.74, 6) is 1.32. The molecular weight excluding hydrogens is 274 g/mol. The van der Waals surface area contributed by atoms with Crippen LogP contribution >= 0.6 is 23.4 Å². The van der Waals surface area contributed by atoms with Gasteiger partial charge in [-0.2, -0.15) is 11.8 Å². The van der Waals surface area contributed by atoms with Crippen molar-refractivity contribution in [2.45, 2.75) is 50.8 Å². The lowest BCUT2D eigenvalue weighted by Crippen LogP contribution is -2.39. The van der Waals surface area contributed by atoms with Crippen LogP contribution in [-0.2, 0) is 6.42 Å². The molecule has 1 heterocycles. The maximum Gasteiger partial charge on any atom is 0.0441 e. The van der Waals surface area contributed by atoms with Gasteiger partial charge in [0.05, 0.1) is 0 Å². The Hall–Kier alpha value is -0.180. The first-order valence-electron chi connectivity index (χ1n) is 7.30. The molecule has 1 aromatic rings. The number of hydrogen-bond donors (Lipinski definition) is 1. The van der Waals surface area contributed by atoms with Gasteiger partial charge >= 0.3 is 0 Å². The maximum atomic E-state index is 6.38. The summed E-state index contributed by atoms with van der Waals surface area (Å²) in [6, 6.07) is 7.00. The van der Waals surface area contributed by atoms with Crippen LogP contribution < -0.4 is 5.32 Å². The first-order valence-corrected chi connectivity index (χ1v) is 8.73. The molecule has 1 aliphatic rings. The van der Waals surface area contributed by atoms with E-state index in [1.54, 1.807) is 0 Å². The molecule has 19 heavy (non-hydrogen) atoms. The minimum atomic E-state index is 0.563. The zero-order chi connectivity index (χ0) is 13.7. The van der Waals surface area contributed by atoms with Gasteiger partial charge in [-0.25, -0.2) is 0 Å². The van der Waals surface area contributed by atoms with Crippen LogP contribution in [0.25, 0.3) is 0 Å². The molecule has 2 unspecified atom stereocenters. The van der Waals surface area contributed by atoms with Crippen LogP contribution in [0.2, 0.25) is 5.02 Å². The standard InChI is InChI=1S/C16H24ClNS/c1-3-8-18-15(16-5-4-9-19-16)11-13-7-6-12(2)10-14(13)17/h6-7,10,15-16,18H,3-5,8-9,11H2,1-2H3. The van der Waals surface area contributed by atoms with Crippen LogP contribution in [0.1, 0.15) is 37.3 Å². The second kappa shape index (κ2) is 7.56. The van der Waals surface area contributed by atoms with E-state index in [9.17, 15) is 0 Å². The van der Waals surface area contributed by atoms with Gasteiger partial charge in [0.15, 0.2) is 0 Å². The van der Waals surface area contributed by atoms with Crippen molar-refractivity contribution in [3.63, 3.8) is 0 Å². The van der Waals surface area contributed by atoms with E-state index < -0.39 is 0 Å². The summed E-state index contributed by atoms with van der Waals surface area (Å²) in [4.78, 5) is 0. The number of thioether (sulfide) groups is 1. The van der Waals surface area contributed by atoms with Gasteiger partial charge in [0, 0.05) is 16.3 Å². The smallest absolute Gasteiger partial charge is 0.0441 e. The summed E-state index contributed by atoms with van der Waals surface area (Å²) in [7, 11) is 0. The van der Waals surface area contributed by atoms with Gasteiger partial charge < -0.3 is 5.32 Å². The normalized spacial score (nSPS) is 20.7. The Morgan fingerprint density at radius 1 is 1.47 bits per heavy atom. The second-order valence-electron chi connectivity index (χ2n) is 5.41. The summed E-state index contributed by atoms with van der Waals surface area (Å²) in [6.07, 6.45) is 4.95. The first kappa shape index (κ1) is 15.2. The van der Waals surface area contributed by atoms with Gasteiger partial charge in [-0.3, -0.25) is 0 Å². The van der Waals surface area contributed by atoms with Crippen molar-refractivity contribution in [2.24, 2.45) is 0 Å². The highest BCUT2D eigenvalue weighted by Gasteiger charge is 2.25. The van der Waals surface area contributed by atoms with Crippen LogP contribution in [0, 0.1) is 6.92 Å². The zero-order valence-corrected chi connectivity index (χ0v) is 13.5. The first-order chi connectivity index (χ1) is 9.20. The van der Waals surface area contributed by atoms with Crippen LogP contribution in [0.5, 0.6) is 0 Å². The molecule has 0 amide bonds. The minimum absolute atomic E-state index is 0.563. The summed E-state index contributed by atoms with van der Waals surface area (Å²) in [5, 5.41) is 5.40. The van der Waals surface area contributed by atoms with E-state index in [0.29, 0.717) is 6.04 Å². The number of benzene rings is 1. The molecule has 3 heteroatoms. The molecule has 1 N–H and O–H groups in total. The molecule has 1 saturated heterocycles. The van der Waals surface area contributed by atoms with Crippen LogP contribution in [0.3, 0.4) is 0 Å². The molecule has 106 valence electrons. The average molecular weight is 298 g/mol. The average Bonchev–Trinajstić information content (AvgIpc) is 2.90. The third-order valence-electron chi connectivity index (χ3n) is 3.72. The quantitative estimate of drug-likeness (QED) is 0.832. The number of hydrogen-bond acceptors (Lipinski definition) is 2. The summed E-state index contributed by atoms with van der Waals surface area (Å²) < 4.78 is 0. The van der Waals surface area contributed by atoms with E-state index in [-0.39, 0.29) is 0 Å². The summed E-state index contributed by atoms with van der Waals surface area (Å²) >= 11 is 8.50. The van der Waals surface area contributed by atoms with E-state index >= 15 is 0 Å². The number of nitrogens with one attached hydrogen (secondary N) is 1. The fourth-order valence-corrected chi connectivity index (χ4v) is 4.35. The van der Waals surface area contributed by atoms with Crippen LogP contribution in [-0.4, -0.2) is 23.6 Å². The highest BCUT2D eigenvalue weighted by molar-refractivity contribution is 8.00. The maximum absolute atomic E-state index is 6.38. The fourth-order valence-electron chi connectivity index (χ4n) is 2.64. The van der Waals surface area contributed by atoms with E-state index in [1.165, 1.54) is 36.1 Å². The Morgan fingerprint density at radius 2 is 2.32 bits per heavy atom. The van der Waals surface area contributed by atoms with Gasteiger partial charge in [-0.1, -0.05) is 30.7 Å². The highest BCUT2D eigenvalue weighted by atomic mass is 35.5. The molecule has 2 atom stereocenters. The van der Waals surface area contributed by atoms with Crippen molar-refractivity contribution in [1.29, 1.82) is 0 Å². The largest absolute Gasteiger partial charge is 0.313 e. The molecule has 0 bridgehead atoms. The van der Waals surface area contributed by atoms with E-state index in [0.717, 1.165) is 23.2 Å². The van der Waals surface area contributed by atoms with Crippen LogP contribution in [0.15, 0.2) is 18.2 Å². The predicted octanol–water partition coefficient (Wildman–Crippen LogP) is 4.45. The minimum Gasteiger partial charge on any atom is -0.313 e. The van der Waals surface area contributed by atoms with Crippen molar-refractivity contribution in [3.05, 3.63) is 34.3 Å². The Kier molecular flexibility index (Phi) is 6.06. The molecule has 1 aliphatic heterocycles. The Morgan fingerprint density at radius 3 is 2.95 bits per heavy atom. The Balaban J connectivity index is 2.05. The lowest BCUT2D eigenvalue weighted by atomic mass is 9.99. The van der Waals surface area contributed by atoms with E-state index in [4.69, 9.17) is 11.6 Å². The monoisotopic (exact) mass is 297 g/mol. The molecule has 1 aromatic carbocycles. The number of aryl methyl sites for hydroxylation is 1. The van der Waals surface area contributed by atoms with Crippen molar-refractivity contribution in [3.8, 4) is 0 Å². The Labute approximate surface area is 126 Å². The molecule has 0 spiro atoms. The SMILES string of the molecule is CCCNC(Cc1ccc(C)cc1Cl)C1CCCS1. The molecule has 1 nitrogen and oxygen atoms in total. The topological polar surface area (TPSA) is 12.0 Å².